The second-order valence-electron chi connectivity index (χ2n) is 5.09. The molecule has 1 heterocycles. The predicted octanol–water partition coefficient (Wildman–Crippen LogP) is 2.73. The SMILES string of the molecule is CC(CCN(C)c1cn(C)c2ccccc12)C(=O)O. The van der Waals surface area contributed by atoms with Crippen molar-refractivity contribution in [1.82, 2.24) is 4.57 Å². The Balaban J connectivity index is 2.18. The second-order valence-corrected chi connectivity index (χ2v) is 5.09. The van der Waals surface area contributed by atoms with Crippen molar-refractivity contribution in [2.75, 3.05) is 18.5 Å². The number of carboxylic acids is 1. The summed E-state index contributed by atoms with van der Waals surface area (Å²) < 4.78 is 2.10. The van der Waals surface area contributed by atoms with Crippen molar-refractivity contribution < 1.29 is 9.90 Å². The summed E-state index contributed by atoms with van der Waals surface area (Å²) in [6.45, 7) is 2.49. The maximum atomic E-state index is 10.8. The first-order valence-corrected chi connectivity index (χ1v) is 6.48. The van der Waals surface area contributed by atoms with Crippen LogP contribution in [0.1, 0.15) is 13.3 Å². The van der Waals surface area contributed by atoms with Gasteiger partial charge >= 0.3 is 5.97 Å². The van der Waals surface area contributed by atoms with E-state index in [1.807, 2.05) is 26.2 Å². The average molecular weight is 260 g/mol. The largest absolute Gasteiger partial charge is 0.481 e. The minimum Gasteiger partial charge on any atom is -0.481 e. The van der Waals surface area contributed by atoms with Crippen molar-refractivity contribution in [1.29, 1.82) is 0 Å². The summed E-state index contributed by atoms with van der Waals surface area (Å²) in [5.74, 6) is -1.04. The summed E-state index contributed by atoms with van der Waals surface area (Å²) in [6.07, 6.45) is 2.74. The molecule has 1 aromatic carbocycles. The van der Waals surface area contributed by atoms with Crippen molar-refractivity contribution in [2.45, 2.75) is 13.3 Å². The highest BCUT2D eigenvalue weighted by molar-refractivity contribution is 5.93. The van der Waals surface area contributed by atoms with E-state index < -0.39 is 5.97 Å². The van der Waals surface area contributed by atoms with Gasteiger partial charge < -0.3 is 14.6 Å². The molecule has 0 spiro atoms. The number of benzene rings is 1. The van der Waals surface area contributed by atoms with Crippen LogP contribution in [-0.4, -0.2) is 29.2 Å². The Kier molecular flexibility index (Phi) is 3.79. The van der Waals surface area contributed by atoms with Crippen molar-refractivity contribution in [3.8, 4) is 0 Å². The topological polar surface area (TPSA) is 45.5 Å². The normalized spacial score (nSPS) is 12.6. The van der Waals surface area contributed by atoms with Crippen molar-refractivity contribution in [3.05, 3.63) is 30.5 Å². The first-order valence-electron chi connectivity index (χ1n) is 6.48. The smallest absolute Gasteiger partial charge is 0.306 e. The molecule has 0 aliphatic rings. The van der Waals surface area contributed by atoms with E-state index in [9.17, 15) is 4.79 Å². The number of nitrogens with zero attached hydrogens (tertiary/aromatic N) is 2. The molecule has 0 aliphatic heterocycles. The van der Waals surface area contributed by atoms with Crippen molar-refractivity contribution >= 4 is 22.6 Å². The van der Waals surface area contributed by atoms with Crippen molar-refractivity contribution in [2.24, 2.45) is 13.0 Å². The lowest BCUT2D eigenvalue weighted by Gasteiger charge is -2.19. The van der Waals surface area contributed by atoms with Crippen LogP contribution < -0.4 is 4.90 Å². The molecule has 0 aliphatic carbocycles. The Hall–Kier alpha value is -1.97. The number of aromatic nitrogens is 1. The Labute approximate surface area is 113 Å². The van der Waals surface area contributed by atoms with Crippen LogP contribution in [0.5, 0.6) is 0 Å². The van der Waals surface area contributed by atoms with Gasteiger partial charge in [-0.1, -0.05) is 25.1 Å². The number of para-hydroxylation sites is 1. The lowest BCUT2D eigenvalue weighted by Crippen LogP contribution is -2.22. The molecule has 0 fully saturated rings. The zero-order valence-electron chi connectivity index (χ0n) is 11.6. The monoisotopic (exact) mass is 260 g/mol. The van der Waals surface area contributed by atoms with Crippen LogP contribution in [0, 0.1) is 5.92 Å². The van der Waals surface area contributed by atoms with E-state index in [2.05, 4.69) is 27.8 Å². The van der Waals surface area contributed by atoms with Crippen LogP contribution >= 0.6 is 0 Å². The molecule has 1 unspecified atom stereocenters. The highest BCUT2D eigenvalue weighted by Crippen LogP contribution is 2.27. The molecule has 19 heavy (non-hydrogen) atoms. The number of hydrogen-bond acceptors (Lipinski definition) is 2. The molecule has 0 amide bonds. The predicted molar refractivity (Wildman–Crippen MR) is 77.6 cm³/mol. The standard InChI is InChI=1S/C15H20N2O2/c1-11(15(18)19)8-9-16(2)14-10-17(3)13-7-5-4-6-12(13)14/h4-7,10-11H,8-9H2,1-3H3,(H,18,19). The lowest BCUT2D eigenvalue weighted by molar-refractivity contribution is -0.141. The molecule has 0 radical (unpaired) electrons. The number of aliphatic carboxylic acids is 1. The molecule has 102 valence electrons. The number of anilines is 1. The number of fused-ring (bicyclic) bond motifs is 1. The fourth-order valence-electron chi connectivity index (χ4n) is 2.26. The van der Waals surface area contributed by atoms with Crippen LogP contribution in [0.2, 0.25) is 0 Å². The van der Waals surface area contributed by atoms with Gasteiger partial charge in [-0.3, -0.25) is 4.79 Å². The van der Waals surface area contributed by atoms with Gasteiger partial charge in [0.05, 0.1) is 11.6 Å². The molecule has 2 aromatic rings. The quantitative estimate of drug-likeness (QED) is 0.899. The lowest BCUT2D eigenvalue weighted by atomic mass is 10.1. The fourth-order valence-corrected chi connectivity index (χ4v) is 2.26. The zero-order chi connectivity index (χ0) is 14.0. The maximum Gasteiger partial charge on any atom is 0.306 e. The van der Waals surface area contributed by atoms with Crippen LogP contribution in [0.3, 0.4) is 0 Å². The third-order valence-electron chi connectivity index (χ3n) is 3.61. The Bertz CT molecular complexity index is 589. The molecule has 0 bridgehead atoms. The molecule has 4 nitrogen and oxygen atoms in total. The maximum absolute atomic E-state index is 10.8. The van der Waals surface area contributed by atoms with E-state index in [0.29, 0.717) is 6.42 Å². The van der Waals surface area contributed by atoms with Gasteiger partial charge in [0.25, 0.3) is 0 Å². The fraction of sp³-hybridized carbons (Fsp3) is 0.400. The van der Waals surface area contributed by atoms with Gasteiger partial charge in [0.1, 0.15) is 0 Å². The minimum absolute atomic E-state index is 0.308. The summed E-state index contributed by atoms with van der Waals surface area (Å²) in [4.78, 5) is 13.0. The third kappa shape index (κ3) is 2.72. The van der Waals surface area contributed by atoms with Gasteiger partial charge in [-0.15, -0.1) is 0 Å². The number of aryl methyl sites for hydroxylation is 1. The second kappa shape index (κ2) is 5.34. The number of rotatable bonds is 5. The van der Waals surface area contributed by atoms with E-state index >= 15 is 0 Å². The highest BCUT2D eigenvalue weighted by atomic mass is 16.4. The van der Waals surface area contributed by atoms with Crippen LogP contribution in [0.4, 0.5) is 5.69 Å². The van der Waals surface area contributed by atoms with Crippen LogP contribution in [-0.2, 0) is 11.8 Å². The third-order valence-corrected chi connectivity index (χ3v) is 3.61. The number of carboxylic acid groups (broad SMARTS) is 1. The van der Waals surface area contributed by atoms with Gasteiger partial charge in [0.15, 0.2) is 0 Å². The Morgan fingerprint density at radius 1 is 1.42 bits per heavy atom. The van der Waals surface area contributed by atoms with Crippen molar-refractivity contribution in [3.63, 3.8) is 0 Å². The summed E-state index contributed by atoms with van der Waals surface area (Å²) >= 11 is 0. The summed E-state index contributed by atoms with van der Waals surface area (Å²) in [5.41, 5.74) is 2.34. The first kappa shape index (κ1) is 13.5. The van der Waals surface area contributed by atoms with E-state index in [1.165, 1.54) is 10.9 Å². The molecule has 1 N–H and O–H groups in total. The number of carbonyl (C=O) groups is 1. The highest BCUT2D eigenvalue weighted by Gasteiger charge is 2.14. The van der Waals surface area contributed by atoms with Crippen LogP contribution in [0.15, 0.2) is 30.5 Å². The molecular weight excluding hydrogens is 240 g/mol. The van der Waals surface area contributed by atoms with Gasteiger partial charge in [0, 0.05) is 37.7 Å². The first-order chi connectivity index (χ1) is 9.00. The summed E-state index contributed by atoms with van der Waals surface area (Å²) in [5, 5.41) is 10.1. The van der Waals surface area contributed by atoms with E-state index in [-0.39, 0.29) is 5.92 Å². The molecular formula is C15H20N2O2. The Morgan fingerprint density at radius 3 is 2.79 bits per heavy atom. The van der Waals surface area contributed by atoms with E-state index in [1.54, 1.807) is 6.92 Å². The molecule has 4 heteroatoms. The molecule has 0 saturated heterocycles. The molecule has 0 saturated carbocycles. The zero-order valence-corrected chi connectivity index (χ0v) is 11.6. The minimum atomic E-state index is -0.730. The van der Waals surface area contributed by atoms with Crippen LogP contribution in [0.25, 0.3) is 10.9 Å². The Morgan fingerprint density at radius 2 is 2.11 bits per heavy atom. The number of hydrogen-bond donors (Lipinski definition) is 1. The van der Waals surface area contributed by atoms with Gasteiger partial charge in [-0.05, 0) is 12.5 Å². The molecule has 1 aromatic heterocycles. The molecule has 1 atom stereocenters. The van der Waals surface area contributed by atoms with Gasteiger partial charge in [-0.25, -0.2) is 0 Å². The van der Waals surface area contributed by atoms with Gasteiger partial charge in [0.2, 0.25) is 0 Å². The van der Waals surface area contributed by atoms with E-state index in [4.69, 9.17) is 5.11 Å². The van der Waals surface area contributed by atoms with E-state index in [0.717, 1.165) is 12.2 Å². The van der Waals surface area contributed by atoms with Gasteiger partial charge in [-0.2, -0.15) is 0 Å². The summed E-state index contributed by atoms with van der Waals surface area (Å²) in [6, 6.07) is 8.24. The average Bonchev–Trinajstić information content (AvgIpc) is 2.73. The summed E-state index contributed by atoms with van der Waals surface area (Å²) in [7, 11) is 4.04. The molecule has 2 rings (SSSR count).